The SMILES string of the molecule is CC1(C)CC(=O)C2C(=Nc3nc(C(F)(F)F)nn3[C@@H]2c2ccc([N+](=O)[O-])cc2)C1. The van der Waals surface area contributed by atoms with E-state index < -0.39 is 28.9 Å². The van der Waals surface area contributed by atoms with Crippen LogP contribution in [0, 0.1) is 21.4 Å². The van der Waals surface area contributed by atoms with Gasteiger partial charge < -0.3 is 0 Å². The maximum Gasteiger partial charge on any atom is 0.453 e. The van der Waals surface area contributed by atoms with Crippen molar-refractivity contribution in [2.45, 2.75) is 38.9 Å². The van der Waals surface area contributed by atoms with E-state index in [1.54, 1.807) is 0 Å². The minimum atomic E-state index is -4.76. The number of nitrogens with zero attached hydrogens (tertiary/aromatic N) is 5. The molecule has 1 aromatic heterocycles. The number of Topliss-reactive ketones (excluding diaryl/α,β-unsaturated/α-hetero) is 1. The third-order valence-corrected chi connectivity index (χ3v) is 5.15. The van der Waals surface area contributed by atoms with Gasteiger partial charge in [-0.2, -0.15) is 18.2 Å². The van der Waals surface area contributed by atoms with Crippen LogP contribution in [0.4, 0.5) is 24.8 Å². The summed E-state index contributed by atoms with van der Waals surface area (Å²) in [6.45, 7) is 3.79. The molecule has 11 heteroatoms. The van der Waals surface area contributed by atoms with E-state index in [0.717, 1.165) is 4.68 Å². The Morgan fingerprint density at radius 1 is 1.21 bits per heavy atom. The number of carbonyl (C=O) groups is 1. The van der Waals surface area contributed by atoms with Crippen LogP contribution in [0.15, 0.2) is 29.3 Å². The molecular weight excluding hydrogens is 391 g/mol. The second-order valence-corrected chi connectivity index (χ2v) is 8.04. The Bertz CT molecular complexity index is 1040. The fourth-order valence-electron chi connectivity index (χ4n) is 3.99. The molecule has 0 saturated heterocycles. The fraction of sp³-hybridized carbons (Fsp3) is 0.444. The number of benzene rings is 1. The third kappa shape index (κ3) is 3.30. The van der Waals surface area contributed by atoms with Crippen LogP contribution in [0.1, 0.15) is 44.1 Å². The lowest BCUT2D eigenvalue weighted by Crippen LogP contribution is -2.44. The molecule has 1 unspecified atom stereocenters. The highest BCUT2D eigenvalue weighted by Crippen LogP contribution is 2.45. The zero-order chi connectivity index (χ0) is 21.1. The Morgan fingerprint density at radius 2 is 1.86 bits per heavy atom. The summed E-state index contributed by atoms with van der Waals surface area (Å²) in [6.07, 6.45) is -4.09. The highest BCUT2D eigenvalue weighted by Gasteiger charge is 2.48. The van der Waals surface area contributed by atoms with Crippen molar-refractivity contribution in [3.63, 3.8) is 0 Å². The minimum absolute atomic E-state index is 0.155. The number of ketones is 1. The monoisotopic (exact) mass is 407 g/mol. The summed E-state index contributed by atoms with van der Waals surface area (Å²) in [5, 5.41) is 14.5. The first-order valence-corrected chi connectivity index (χ1v) is 8.84. The highest BCUT2D eigenvalue weighted by atomic mass is 19.4. The number of aromatic nitrogens is 3. The van der Waals surface area contributed by atoms with Crippen LogP contribution >= 0.6 is 0 Å². The van der Waals surface area contributed by atoms with Gasteiger partial charge in [0.25, 0.3) is 11.5 Å². The number of carbonyl (C=O) groups excluding carboxylic acids is 1. The van der Waals surface area contributed by atoms with Gasteiger partial charge in [0.2, 0.25) is 5.95 Å². The number of fused-ring (bicyclic) bond motifs is 2. The molecule has 2 heterocycles. The van der Waals surface area contributed by atoms with Crippen LogP contribution in [-0.4, -0.2) is 31.2 Å². The lowest BCUT2D eigenvalue weighted by atomic mass is 9.67. The molecule has 0 radical (unpaired) electrons. The average Bonchev–Trinajstić information content (AvgIpc) is 3.03. The van der Waals surface area contributed by atoms with Crippen molar-refractivity contribution >= 4 is 23.1 Å². The number of aliphatic imine (C=N–C) groups is 1. The molecule has 152 valence electrons. The van der Waals surface area contributed by atoms with Gasteiger partial charge in [0.05, 0.1) is 16.9 Å². The molecule has 4 rings (SSSR count). The van der Waals surface area contributed by atoms with Crippen LogP contribution in [0.2, 0.25) is 0 Å². The van der Waals surface area contributed by atoms with E-state index in [1.807, 2.05) is 13.8 Å². The molecule has 2 atom stereocenters. The van der Waals surface area contributed by atoms with E-state index in [2.05, 4.69) is 15.1 Å². The minimum Gasteiger partial charge on any atom is -0.299 e. The molecule has 0 bridgehead atoms. The maximum atomic E-state index is 13.2. The summed E-state index contributed by atoms with van der Waals surface area (Å²) in [4.78, 5) is 31.1. The summed E-state index contributed by atoms with van der Waals surface area (Å²) in [7, 11) is 0. The Morgan fingerprint density at radius 3 is 2.45 bits per heavy atom. The topological polar surface area (TPSA) is 103 Å². The summed E-state index contributed by atoms with van der Waals surface area (Å²) < 4.78 is 40.6. The van der Waals surface area contributed by atoms with Crippen molar-refractivity contribution in [1.29, 1.82) is 0 Å². The van der Waals surface area contributed by atoms with Crippen molar-refractivity contribution in [2.75, 3.05) is 0 Å². The van der Waals surface area contributed by atoms with Gasteiger partial charge in [-0.3, -0.25) is 14.9 Å². The van der Waals surface area contributed by atoms with Crippen molar-refractivity contribution in [1.82, 2.24) is 14.8 Å². The molecule has 29 heavy (non-hydrogen) atoms. The van der Waals surface area contributed by atoms with Crippen LogP contribution in [0.5, 0.6) is 0 Å². The van der Waals surface area contributed by atoms with E-state index >= 15 is 0 Å². The van der Waals surface area contributed by atoms with Gasteiger partial charge in [-0.15, -0.1) is 5.10 Å². The third-order valence-electron chi connectivity index (χ3n) is 5.15. The quantitative estimate of drug-likeness (QED) is 0.555. The second-order valence-electron chi connectivity index (χ2n) is 8.04. The van der Waals surface area contributed by atoms with E-state index in [4.69, 9.17) is 0 Å². The standard InChI is InChI=1S/C18H16F3N5O3/c1-17(2)7-11-13(12(27)8-17)14(9-3-5-10(6-4-9)26(28)29)25-16(22-11)23-15(24-25)18(19,20)21/h3-6,13-14H,7-8H2,1-2H3/t13?,14-/m1/s1. The summed E-state index contributed by atoms with van der Waals surface area (Å²) in [6, 6.07) is 4.46. The Labute approximate surface area is 162 Å². The Kier molecular flexibility index (Phi) is 4.10. The molecule has 1 fully saturated rings. The predicted octanol–water partition coefficient (Wildman–Crippen LogP) is 3.89. The summed E-state index contributed by atoms with van der Waals surface area (Å²) in [5.74, 6) is -2.51. The molecule has 1 aliphatic carbocycles. The Hall–Kier alpha value is -3.11. The van der Waals surface area contributed by atoms with E-state index in [1.165, 1.54) is 24.3 Å². The number of non-ortho nitro benzene ring substituents is 1. The average molecular weight is 407 g/mol. The zero-order valence-electron chi connectivity index (χ0n) is 15.5. The fourth-order valence-corrected chi connectivity index (χ4v) is 3.99. The number of hydrogen-bond acceptors (Lipinski definition) is 6. The Balaban J connectivity index is 1.88. The zero-order valence-corrected chi connectivity index (χ0v) is 15.5. The van der Waals surface area contributed by atoms with Gasteiger partial charge >= 0.3 is 6.18 Å². The van der Waals surface area contributed by atoms with Crippen LogP contribution in [0.3, 0.4) is 0 Å². The van der Waals surface area contributed by atoms with Crippen molar-refractivity contribution < 1.29 is 22.9 Å². The molecule has 1 aromatic carbocycles. The van der Waals surface area contributed by atoms with Crippen LogP contribution < -0.4 is 0 Å². The van der Waals surface area contributed by atoms with Gasteiger partial charge in [0.15, 0.2) is 0 Å². The second kappa shape index (κ2) is 6.19. The number of alkyl halides is 3. The normalized spacial score (nSPS) is 23.2. The van der Waals surface area contributed by atoms with Gasteiger partial charge in [0, 0.05) is 24.3 Å². The van der Waals surface area contributed by atoms with E-state index in [0.29, 0.717) is 17.7 Å². The van der Waals surface area contributed by atoms with E-state index in [-0.39, 0.29) is 29.3 Å². The van der Waals surface area contributed by atoms with Crippen LogP contribution in [0.25, 0.3) is 0 Å². The number of nitro groups is 1. The maximum absolute atomic E-state index is 13.2. The first-order valence-electron chi connectivity index (χ1n) is 8.84. The molecular formula is C18H16F3N5O3. The van der Waals surface area contributed by atoms with Gasteiger partial charge in [0.1, 0.15) is 5.78 Å². The van der Waals surface area contributed by atoms with Crippen molar-refractivity contribution in [2.24, 2.45) is 16.3 Å². The molecule has 0 N–H and O–H groups in total. The lowest BCUT2D eigenvalue weighted by molar-refractivity contribution is -0.384. The number of rotatable bonds is 2. The smallest absolute Gasteiger partial charge is 0.299 e. The number of halogens is 3. The first kappa shape index (κ1) is 19.2. The van der Waals surface area contributed by atoms with Crippen molar-refractivity contribution in [3.8, 4) is 0 Å². The molecule has 2 aromatic rings. The number of nitro benzene ring substituents is 1. The molecule has 0 amide bonds. The molecule has 1 saturated carbocycles. The van der Waals surface area contributed by atoms with Gasteiger partial charge in [-0.05, 0) is 17.4 Å². The molecule has 2 aliphatic rings. The predicted molar refractivity (Wildman–Crippen MR) is 94.9 cm³/mol. The van der Waals surface area contributed by atoms with E-state index in [9.17, 15) is 28.1 Å². The largest absolute Gasteiger partial charge is 0.453 e. The molecule has 1 aliphatic heterocycles. The summed E-state index contributed by atoms with van der Waals surface area (Å²) >= 11 is 0. The molecule has 8 nitrogen and oxygen atoms in total. The van der Waals surface area contributed by atoms with Gasteiger partial charge in [-0.1, -0.05) is 26.0 Å². The lowest BCUT2D eigenvalue weighted by Gasteiger charge is -2.40. The summed E-state index contributed by atoms with van der Waals surface area (Å²) in [5.41, 5.74) is 0.357. The molecule has 0 spiro atoms. The van der Waals surface area contributed by atoms with Crippen molar-refractivity contribution in [3.05, 3.63) is 45.8 Å². The highest BCUT2D eigenvalue weighted by molar-refractivity contribution is 6.09. The van der Waals surface area contributed by atoms with Crippen LogP contribution in [-0.2, 0) is 11.0 Å². The number of hydrogen-bond donors (Lipinski definition) is 0. The van der Waals surface area contributed by atoms with Gasteiger partial charge in [-0.25, -0.2) is 9.67 Å². The first-order chi connectivity index (χ1) is 13.5.